The van der Waals surface area contributed by atoms with Crippen LogP contribution in [0.15, 0.2) is 63.7 Å². The Bertz CT molecular complexity index is 1610. The second kappa shape index (κ2) is 9.01. The van der Waals surface area contributed by atoms with Gasteiger partial charge in [0, 0.05) is 18.0 Å². The van der Waals surface area contributed by atoms with E-state index in [0.717, 1.165) is 15.9 Å². The number of carbonyl (C=O) groups excluding carboxylic acids is 2. The molecule has 0 saturated carbocycles. The zero-order chi connectivity index (χ0) is 24.6. The molecule has 0 fully saturated rings. The number of halogens is 1. The first-order chi connectivity index (χ1) is 16.1. The number of rotatable bonds is 7. The number of primary amides is 1. The Kier molecular flexibility index (Phi) is 6.26. The van der Waals surface area contributed by atoms with Gasteiger partial charge < -0.3 is 10.8 Å². The molecule has 0 bridgehead atoms. The zero-order valence-corrected chi connectivity index (χ0v) is 19.7. The maximum absolute atomic E-state index is 13.0. The number of carbonyl (C=O) groups is 2. The molecule has 0 atom stereocenters. The van der Waals surface area contributed by atoms with Gasteiger partial charge in [-0.1, -0.05) is 35.9 Å². The van der Waals surface area contributed by atoms with Crippen molar-refractivity contribution in [2.45, 2.75) is 10.6 Å². The Balaban J connectivity index is 1.64. The monoisotopic (exact) mass is 517 g/mol. The number of Topliss-reactive ketones (excluding diaryl/α,β-unsaturated/α-hetero) is 1. The van der Waals surface area contributed by atoms with Crippen LogP contribution >= 0.6 is 22.9 Å². The van der Waals surface area contributed by atoms with E-state index in [1.165, 1.54) is 42.6 Å². The Labute approximate surface area is 202 Å². The van der Waals surface area contributed by atoms with Gasteiger partial charge in [0.2, 0.25) is 0 Å². The lowest BCUT2D eigenvalue weighted by molar-refractivity contribution is -0.116. The van der Waals surface area contributed by atoms with Gasteiger partial charge in [-0.25, -0.2) is 13.4 Å². The van der Waals surface area contributed by atoms with Crippen molar-refractivity contribution in [1.82, 2.24) is 9.55 Å². The molecule has 3 heterocycles. The molecule has 4 rings (SSSR count). The van der Waals surface area contributed by atoms with E-state index in [1.54, 1.807) is 12.1 Å². The number of thiophene rings is 1. The lowest BCUT2D eigenvalue weighted by atomic mass is 10.1. The summed E-state index contributed by atoms with van der Waals surface area (Å²) in [4.78, 5) is 41.6. The molecule has 0 spiro atoms. The van der Waals surface area contributed by atoms with Gasteiger partial charge in [-0.3, -0.25) is 19.0 Å². The van der Waals surface area contributed by atoms with Gasteiger partial charge in [-0.15, -0.1) is 11.3 Å². The van der Waals surface area contributed by atoms with Crippen LogP contribution in [0.1, 0.15) is 16.1 Å². The van der Waals surface area contributed by atoms with Crippen molar-refractivity contribution in [3.05, 3.63) is 80.7 Å². The number of hydrogen-bond donors (Lipinski definition) is 2. The molecule has 0 aliphatic carbocycles. The van der Waals surface area contributed by atoms with Gasteiger partial charge in [0.15, 0.2) is 27.1 Å². The minimum atomic E-state index is -3.82. The summed E-state index contributed by atoms with van der Waals surface area (Å²) < 4.78 is 26.0. The standard InChI is InChI=1S/C22H16ClN3O6S2/c23-16-6-8-18(33-16)34(31,32)11-13(27)9-12-5-7-17(25-10-12)26-19(21(24)29)20(28)14-3-1-2-4-15(14)22(26)30/h1-8,10,28H,9,11H2,(H2,24,29). The summed E-state index contributed by atoms with van der Waals surface area (Å²) in [5.41, 5.74) is 4.77. The van der Waals surface area contributed by atoms with E-state index in [2.05, 4.69) is 4.98 Å². The van der Waals surface area contributed by atoms with E-state index in [4.69, 9.17) is 17.3 Å². The van der Waals surface area contributed by atoms with Crippen molar-refractivity contribution in [2.24, 2.45) is 5.73 Å². The third-order valence-electron chi connectivity index (χ3n) is 4.94. The summed E-state index contributed by atoms with van der Waals surface area (Å²) in [6.07, 6.45) is 1.07. The molecule has 4 aromatic rings. The van der Waals surface area contributed by atoms with E-state index in [-0.39, 0.29) is 27.2 Å². The van der Waals surface area contributed by atoms with Crippen LogP contribution in [0.25, 0.3) is 16.6 Å². The number of fused-ring (bicyclic) bond motifs is 1. The number of benzene rings is 1. The van der Waals surface area contributed by atoms with E-state index in [9.17, 15) is 27.9 Å². The van der Waals surface area contributed by atoms with Crippen LogP contribution in [-0.2, 0) is 21.1 Å². The molecular weight excluding hydrogens is 502 g/mol. The predicted octanol–water partition coefficient (Wildman–Crippen LogP) is 2.49. The number of sulfone groups is 1. The fourth-order valence-corrected chi connectivity index (χ4v) is 6.27. The van der Waals surface area contributed by atoms with Crippen LogP contribution in [-0.4, -0.2) is 40.5 Å². The highest BCUT2D eigenvalue weighted by atomic mass is 35.5. The minimum Gasteiger partial charge on any atom is -0.505 e. The molecule has 0 aliphatic rings. The van der Waals surface area contributed by atoms with Gasteiger partial charge in [0.25, 0.3) is 11.5 Å². The number of aromatic nitrogens is 2. The highest BCUT2D eigenvalue weighted by Crippen LogP contribution is 2.28. The molecule has 1 aromatic carbocycles. The third-order valence-corrected chi connectivity index (χ3v) is 8.43. The maximum atomic E-state index is 13.0. The Morgan fingerprint density at radius 2 is 1.79 bits per heavy atom. The number of amides is 1. The van der Waals surface area contributed by atoms with Crippen molar-refractivity contribution in [1.29, 1.82) is 0 Å². The normalized spacial score (nSPS) is 11.6. The van der Waals surface area contributed by atoms with Gasteiger partial charge in [0.05, 0.1) is 9.72 Å². The van der Waals surface area contributed by atoms with Crippen LogP contribution in [0, 0.1) is 0 Å². The molecule has 174 valence electrons. The van der Waals surface area contributed by atoms with Crippen LogP contribution in [0.3, 0.4) is 0 Å². The third kappa shape index (κ3) is 4.45. The lowest BCUT2D eigenvalue weighted by Crippen LogP contribution is -2.28. The molecule has 0 saturated heterocycles. The summed E-state index contributed by atoms with van der Waals surface area (Å²) in [7, 11) is -3.82. The number of nitrogens with zero attached hydrogens (tertiary/aromatic N) is 2. The molecular formula is C22H16ClN3O6S2. The van der Waals surface area contributed by atoms with E-state index >= 15 is 0 Å². The fourth-order valence-electron chi connectivity index (χ4n) is 3.46. The number of hydrogen-bond acceptors (Lipinski definition) is 8. The molecule has 3 aromatic heterocycles. The second-order valence-corrected chi connectivity index (χ2v) is 11.2. The molecule has 34 heavy (non-hydrogen) atoms. The summed E-state index contributed by atoms with van der Waals surface area (Å²) in [6.45, 7) is 0. The molecule has 12 heteroatoms. The molecule has 9 nitrogen and oxygen atoms in total. The molecule has 0 aliphatic heterocycles. The topological polar surface area (TPSA) is 149 Å². The molecule has 3 N–H and O–H groups in total. The molecule has 0 radical (unpaired) electrons. The average molecular weight is 518 g/mol. The Morgan fingerprint density at radius 3 is 2.38 bits per heavy atom. The van der Waals surface area contributed by atoms with Crippen molar-refractivity contribution < 1.29 is 23.1 Å². The number of pyridine rings is 2. The lowest BCUT2D eigenvalue weighted by Gasteiger charge is -2.14. The molecule has 1 amide bonds. The smallest absolute Gasteiger partial charge is 0.269 e. The Morgan fingerprint density at radius 1 is 1.09 bits per heavy atom. The van der Waals surface area contributed by atoms with E-state index < -0.39 is 44.3 Å². The first kappa shape index (κ1) is 23.6. The largest absolute Gasteiger partial charge is 0.505 e. The number of aromatic hydroxyl groups is 1. The Hall–Kier alpha value is -3.54. The summed E-state index contributed by atoms with van der Waals surface area (Å²) in [5, 5.41) is 10.9. The van der Waals surface area contributed by atoms with E-state index in [0.29, 0.717) is 9.90 Å². The second-order valence-electron chi connectivity index (χ2n) is 7.31. The number of ketones is 1. The molecule has 0 unspecified atom stereocenters. The van der Waals surface area contributed by atoms with Crippen LogP contribution in [0.5, 0.6) is 5.75 Å². The minimum absolute atomic E-state index is 0.00287. The van der Waals surface area contributed by atoms with Crippen molar-refractivity contribution in [2.75, 3.05) is 5.75 Å². The number of nitrogens with two attached hydrogens (primary N) is 1. The summed E-state index contributed by atoms with van der Waals surface area (Å²) >= 11 is 6.65. The van der Waals surface area contributed by atoms with Crippen LogP contribution < -0.4 is 11.3 Å². The quantitative estimate of drug-likeness (QED) is 0.382. The van der Waals surface area contributed by atoms with Crippen molar-refractivity contribution >= 4 is 55.2 Å². The van der Waals surface area contributed by atoms with Gasteiger partial charge in [0.1, 0.15) is 15.8 Å². The highest BCUT2D eigenvalue weighted by molar-refractivity contribution is 7.94. The predicted molar refractivity (Wildman–Crippen MR) is 128 cm³/mol. The average Bonchev–Trinajstić information content (AvgIpc) is 3.23. The highest BCUT2D eigenvalue weighted by Gasteiger charge is 2.23. The van der Waals surface area contributed by atoms with Gasteiger partial charge >= 0.3 is 0 Å². The first-order valence-corrected chi connectivity index (χ1v) is 12.5. The van der Waals surface area contributed by atoms with Gasteiger partial charge in [-0.2, -0.15) is 0 Å². The SMILES string of the molecule is NC(=O)c1c(O)c2ccccc2c(=O)n1-c1ccc(CC(=O)CS(=O)(=O)c2ccc(Cl)s2)cn1. The zero-order valence-electron chi connectivity index (χ0n) is 17.3. The summed E-state index contributed by atoms with van der Waals surface area (Å²) in [6, 6.07) is 11.8. The van der Waals surface area contributed by atoms with Crippen LogP contribution in [0.4, 0.5) is 0 Å². The van der Waals surface area contributed by atoms with Gasteiger partial charge in [-0.05, 0) is 29.8 Å². The van der Waals surface area contributed by atoms with E-state index in [1.807, 2.05) is 0 Å². The van der Waals surface area contributed by atoms with Crippen LogP contribution in [0.2, 0.25) is 4.34 Å². The maximum Gasteiger partial charge on any atom is 0.269 e. The summed E-state index contributed by atoms with van der Waals surface area (Å²) in [5.74, 6) is -2.74. The van der Waals surface area contributed by atoms with Crippen molar-refractivity contribution in [3.8, 4) is 11.6 Å². The van der Waals surface area contributed by atoms with Crippen molar-refractivity contribution in [3.63, 3.8) is 0 Å². The fraction of sp³-hybridized carbons (Fsp3) is 0.0909. The first-order valence-electron chi connectivity index (χ1n) is 9.70.